The number of rotatable bonds is 4. The zero-order valence-corrected chi connectivity index (χ0v) is 12.9. The summed E-state index contributed by atoms with van der Waals surface area (Å²) in [5, 5.41) is 4.64. The molecule has 1 fully saturated rings. The van der Waals surface area contributed by atoms with Gasteiger partial charge in [0, 0.05) is 18.0 Å². The van der Waals surface area contributed by atoms with Gasteiger partial charge in [-0.15, -0.1) is 11.3 Å². The predicted molar refractivity (Wildman–Crippen MR) is 85.5 cm³/mol. The lowest BCUT2D eigenvalue weighted by Gasteiger charge is -2.19. The van der Waals surface area contributed by atoms with E-state index in [1.807, 2.05) is 0 Å². The molecule has 4 nitrogen and oxygen atoms in total. The van der Waals surface area contributed by atoms with Crippen molar-refractivity contribution < 1.29 is 0 Å². The minimum Gasteiger partial charge on any atom is -0.368 e. The normalized spacial score (nSPS) is 17.2. The van der Waals surface area contributed by atoms with E-state index >= 15 is 0 Å². The number of nitrogens with zero attached hydrogens (tertiary/aromatic N) is 3. The molecule has 0 aromatic carbocycles. The first-order valence-corrected chi connectivity index (χ1v) is 8.32. The van der Waals surface area contributed by atoms with Crippen molar-refractivity contribution in [2.75, 3.05) is 31.5 Å². The standard InChI is InChI=1S/C15H22N4S/c1-12-10-13-14(17-11-18-15(13)20-12)16-6-9-19-7-4-2-3-5-8-19/h10-11H,2-9H2,1H3,(H,16,17,18). The summed E-state index contributed by atoms with van der Waals surface area (Å²) in [6.07, 6.45) is 7.14. The van der Waals surface area contributed by atoms with Gasteiger partial charge in [-0.25, -0.2) is 9.97 Å². The number of likely N-dealkylation sites (tertiary alicyclic amines) is 1. The van der Waals surface area contributed by atoms with E-state index in [0.29, 0.717) is 0 Å². The maximum atomic E-state index is 4.39. The maximum Gasteiger partial charge on any atom is 0.138 e. The molecule has 0 aliphatic carbocycles. The van der Waals surface area contributed by atoms with Crippen LogP contribution in [-0.4, -0.2) is 41.0 Å². The fraction of sp³-hybridized carbons (Fsp3) is 0.600. The van der Waals surface area contributed by atoms with Gasteiger partial charge >= 0.3 is 0 Å². The average Bonchev–Trinajstić information content (AvgIpc) is 2.66. The van der Waals surface area contributed by atoms with Gasteiger partial charge < -0.3 is 10.2 Å². The third-order valence-corrected chi connectivity index (χ3v) is 4.83. The lowest BCUT2D eigenvalue weighted by Crippen LogP contribution is -2.30. The Labute approximate surface area is 124 Å². The molecule has 0 saturated carbocycles. The maximum absolute atomic E-state index is 4.39. The minimum atomic E-state index is 0.959. The molecule has 3 rings (SSSR count). The highest BCUT2D eigenvalue weighted by atomic mass is 32.1. The second-order valence-corrected chi connectivity index (χ2v) is 6.72. The molecular formula is C15H22N4S. The van der Waals surface area contributed by atoms with Crippen LogP contribution in [0.3, 0.4) is 0 Å². The van der Waals surface area contributed by atoms with Crippen LogP contribution < -0.4 is 5.32 Å². The van der Waals surface area contributed by atoms with Gasteiger partial charge in [0.05, 0.1) is 5.39 Å². The Morgan fingerprint density at radius 1 is 1.20 bits per heavy atom. The molecule has 0 amide bonds. The third-order valence-electron chi connectivity index (χ3n) is 3.87. The number of thiophene rings is 1. The highest BCUT2D eigenvalue weighted by Crippen LogP contribution is 2.27. The van der Waals surface area contributed by atoms with Crippen LogP contribution in [0.25, 0.3) is 10.2 Å². The van der Waals surface area contributed by atoms with Crippen LogP contribution in [0, 0.1) is 6.92 Å². The van der Waals surface area contributed by atoms with Crippen LogP contribution in [0.5, 0.6) is 0 Å². The van der Waals surface area contributed by atoms with Crippen molar-refractivity contribution in [3.63, 3.8) is 0 Å². The fourth-order valence-electron chi connectivity index (χ4n) is 2.81. The van der Waals surface area contributed by atoms with Crippen LogP contribution in [0.2, 0.25) is 0 Å². The van der Waals surface area contributed by atoms with Crippen molar-refractivity contribution in [1.82, 2.24) is 14.9 Å². The highest BCUT2D eigenvalue weighted by molar-refractivity contribution is 7.18. The summed E-state index contributed by atoms with van der Waals surface area (Å²) in [6, 6.07) is 2.17. The second-order valence-electron chi connectivity index (χ2n) is 5.48. The van der Waals surface area contributed by atoms with Crippen molar-refractivity contribution >= 4 is 27.4 Å². The molecule has 0 spiro atoms. The van der Waals surface area contributed by atoms with E-state index in [2.05, 4.69) is 33.2 Å². The van der Waals surface area contributed by atoms with Gasteiger partial charge in [-0.2, -0.15) is 0 Å². The van der Waals surface area contributed by atoms with E-state index in [9.17, 15) is 0 Å². The van der Waals surface area contributed by atoms with E-state index in [1.165, 1.54) is 43.6 Å². The number of anilines is 1. The Balaban J connectivity index is 1.59. The molecule has 0 bridgehead atoms. The molecule has 0 atom stereocenters. The monoisotopic (exact) mass is 290 g/mol. The lowest BCUT2D eigenvalue weighted by molar-refractivity contribution is 0.296. The van der Waals surface area contributed by atoms with Crippen molar-refractivity contribution in [1.29, 1.82) is 0 Å². The molecule has 2 aromatic heterocycles. The molecule has 0 radical (unpaired) electrons. The topological polar surface area (TPSA) is 41.0 Å². The van der Waals surface area contributed by atoms with Crippen molar-refractivity contribution in [2.24, 2.45) is 0 Å². The average molecular weight is 290 g/mol. The largest absolute Gasteiger partial charge is 0.368 e. The van der Waals surface area contributed by atoms with Crippen LogP contribution in [-0.2, 0) is 0 Å². The van der Waals surface area contributed by atoms with Crippen LogP contribution >= 0.6 is 11.3 Å². The molecule has 2 aromatic rings. The van der Waals surface area contributed by atoms with Gasteiger partial charge in [-0.1, -0.05) is 12.8 Å². The number of fused-ring (bicyclic) bond motifs is 1. The number of hydrogen-bond acceptors (Lipinski definition) is 5. The van der Waals surface area contributed by atoms with Crippen molar-refractivity contribution in [3.05, 3.63) is 17.3 Å². The number of aryl methyl sites for hydroxylation is 1. The van der Waals surface area contributed by atoms with Gasteiger partial charge in [0.1, 0.15) is 17.0 Å². The van der Waals surface area contributed by atoms with E-state index in [-0.39, 0.29) is 0 Å². The van der Waals surface area contributed by atoms with Gasteiger partial charge in [0.2, 0.25) is 0 Å². The Morgan fingerprint density at radius 3 is 2.80 bits per heavy atom. The number of nitrogens with one attached hydrogen (secondary N) is 1. The highest BCUT2D eigenvalue weighted by Gasteiger charge is 2.10. The van der Waals surface area contributed by atoms with Gasteiger partial charge in [-0.3, -0.25) is 0 Å². The second kappa shape index (κ2) is 6.50. The van der Waals surface area contributed by atoms with E-state index in [0.717, 1.165) is 29.1 Å². The Hall–Kier alpha value is -1.20. The Kier molecular flexibility index (Phi) is 4.47. The lowest BCUT2D eigenvalue weighted by atomic mass is 10.2. The number of hydrogen-bond donors (Lipinski definition) is 1. The summed E-state index contributed by atoms with van der Waals surface area (Å²) in [6.45, 7) is 6.68. The summed E-state index contributed by atoms with van der Waals surface area (Å²) in [7, 11) is 0. The van der Waals surface area contributed by atoms with Crippen molar-refractivity contribution in [2.45, 2.75) is 32.6 Å². The first-order valence-electron chi connectivity index (χ1n) is 7.50. The van der Waals surface area contributed by atoms with Gasteiger partial charge in [0.15, 0.2) is 0 Å². The van der Waals surface area contributed by atoms with E-state index < -0.39 is 0 Å². The van der Waals surface area contributed by atoms with Gasteiger partial charge in [0.25, 0.3) is 0 Å². The Morgan fingerprint density at radius 2 is 2.00 bits per heavy atom. The summed E-state index contributed by atoms with van der Waals surface area (Å²) >= 11 is 1.73. The third kappa shape index (κ3) is 3.27. The van der Waals surface area contributed by atoms with Crippen LogP contribution in [0.15, 0.2) is 12.4 Å². The molecule has 1 aliphatic rings. The zero-order valence-electron chi connectivity index (χ0n) is 12.1. The summed E-state index contributed by atoms with van der Waals surface area (Å²) in [4.78, 5) is 13.7. The molecule has 1 N–H and O–H groups in total. The first-order chi connectivity index (χ1) is 9.83. The predicted octanol–water partition coefficient (Wildman–Crippen LogP) is 3.29. The zero-order chi connectivity index (χ0) is 13.8. The van der Waals surface area contributed by atoms with Crippen LogP contribution in [0.4, 0.5) is 5.82 Å². The quantitative estimate of drug-likeness (QED) is 0.938. The first kappa shape index (κ1) is 13.8. The van der Waals surface area contributed by atoms with Crippen LogP contribution in [0.1, 0.15) is 30.6 Å². The molecule has 1 saturated heterocycles. The van der Waals surface area contributed by atoms with Crippen molar-refractivity contribution in [3.8, 4) is 0 Å². The molecule has 20 heavy (non-hydrogen) atoms. The number of aromatic nitrogens is 2. The van der Waals surface area contributed by atoms with E-state index in [4.69, 9.17) is 0 Å². The minimum absolute atomic E-state index is 0.959. The summed E-state index contributed by atoms with van der Waals surface area (Å²) in [5.41, 5.74) is 0. The SMILES string of the molecule is Cc1cc2c(NCCN3CCCCCC3)ncnc2s1. The molecule has 5 heteroatoms. The fourth-order valence-corrected chi connectivity index (χ4v) is 3.66. The van der Waals surface area contributed by atoms with Gasteiger partial charge in [-0.05, 0) is 38.9 Å². The summed E-state index contributed by atoms with van der Waals surface area (Å²) < 4.78 is 0. The molecule has 0 unspecified atom stereocenters. The summed E-state index contributed by atoms with van der Waals surface area (Å²) in [5.74, 6) is 0.981. The Bertz CT molecular complexity index is 558. The molecule has 1 aliphatic heterocycles. The smallest absolute Gasteiger partial charge is 0.138 e. The molecule has 3 heterocycles. The van der Waals surface area contributed by atoms with E-state index in [1.54, 1.807) is 17.7 Å². The molecular weight excluding hydrogens is 268 g/mol. The molecule has 108 valence electrons.